The summed E-state index contributed by atoms with van der Waals surface area (Å²) in [6, 6.07) is 0. The monoisotopic (exact) mass is 129 g/mol. The Kier molecular flexibility index (Phi) is 1.17. The van der Waals surface area contributed by atoms with Gasteiger partial charge in [0, 0.05) is 5.57 Å². The number of aliphatic hydroxyl groups is 2. The van der Waals surface area contributed by atoms with Crippen molar-refractivity contribution < 1.29 is 15.0 Å². The van der Waals surface area contributed by atoms with Crippen molar-refractivity contribution in [3.05, 3.63) is 11.3 Å². The molecule has 1 aliphatic rings. The molecule has 4 heteroatoms. The first-order chi connectivity index (χ1) is 4.13. The Morgan fingerprint density at radius 3 is 2.33 bits per heavy atom. The van der Waals surface area contributed by atoms with Gasteiger partial charge in [-0.25, -0.2) is 0 Å². The van der Waals surface area contributed by atoms with E-state index in [0.717, 1.165) is 0 Å². The van der Waals surface area contributed by atoms with Gasteiger partial charge in [0.05, 0.1) is 0 Å². The van der Waals surface area contributed by atoms with Crippen molar-refractivity contribution in [2.24, 2.45) is 0 Å². The lowest BCUT2D eigenvalue weighted by atomic mass is 10.3. The molecular formula is C5H7NO3. The minimum absolute atomic E-state index is 0.278. The highest BCUT2D eigenvalue weighted by Crippen LogP contribution is 2.11. The first-order valence-electron chi connectivity index (χ1n) is 2.51. The van der Waals surface area contributed by atoms with Gasteiger partial charge in [0.25, 0.3) is 5.91 Å². The lowest BCUT2D eigenvalue weighted by Gasteiger charge is -1.99. The van der Waals surface area contributed by atoms with E-state index in [4.69, 9.17) is 10.2 Å². The third-order valence-corrected chi connectivity index (χ3v) is 1.27. The topological polar surface area (TPSA) is 69.6 Å². The van der Waals surface area contributed by atoms with E-state index in [1.165, 1.54) is 6.92 Å². The second kappa shape index (κ2) is 1.73. The molecule has 1 heterocycles. The molecule has 3 N–H and O–H groups in total. The summed E-state index contributed by atoms with van der Waals surface area (Å²) in [5.41, 5.74) is 0.278. The van der Waals surface area contributed by atoms with Crippen LogP contribution in [0.2, 0.25) is 0 Å². The Hall–Kier alpha value is -1.03. The van der Waals surface area contributed by atoms with Crippen LogP contribution < -0.4 is 5.32 Å². The third kappa shape index (κ3) is 0.768. The standard InChI is InChI=1S/C5H7NO3/c1-2-3(7)5(9)6-4(2)8/h4,7-8H,1H3,(H,6,9). The summed E-state index contributed by atoms with van der Waals surface area (Å²) in [6.45, 7) is 1.48. The zero-order valence-corrected chi connectivity index (χ0v) is 4.88. The summed E-state index contributed by atoms with van der Waals surface area (Å²) < 4.78 is 0. The van der Waals surface area contributed by atoms with Gasteiger partial charge in [-0.1, -0.05) is 0 Å². The van der Waals surface area contributed by atoms with Crippen molar-refractivity contribution in [3.8, 4) is 0 Å². The first kappa shape index (κ1) is 6.10. The van der Waals surface area contributed by atoms with Crippen molar-refractivity contribution in [3.63, 3.8) is 0 Å². The van der Waals surface area contributed by atoms with Crippen molar-refractivity contribution in [2.45, 2.75) is 13.2 Å². The van der Waals surface area contributed by atoms with Crippen LogP contribution in [0, 0.1) is 0 Å². The summed E-state index contributed by atoms with van der Waals surface area (Å²) in [4.78, 5) is 10.4. The average Bonchev–Trinajstić information content (AvgIpc) is 1.98. The van der Waals surface area contributed by atoms with Gasteiger partial charge < -0.3 is 15.5 Å². The molecule has 0 spiro atoms. The number of aliphatic hydroxyl groups excluding tert-OH is 2. The molecular weight excluding hydrogens is 122 g/mol. The van der Waals surface area contributed by atoms with E-state index < -0.39 is 12.1 Å². The highest BCUT2D eigenvalue weighted by Gasteiger charge is 2.25. The minimum atomic E-state index is -1.00. The number of amides is 1. The fourth-order valence-electron chi connectivity index (χ4n) is 0.609. The number of hydrogen-bond donors (Lipinski definition) is 3. The first-order valence-corrected chi connectivity index (χ1v) is 2.51. The van der Waals surface area contributed by atoms with Crippen LogP contribution in [-0.2, 0) is 4.79 Å². The molecule has 0 bridgehead atoms. The van der Waals surface area contributed by atoms with Gasteiger partial charge in [0.15, 0.2) is 12.0 Å². The molecule has 0 aliphatic carbocycles. The molecule has 1 amide bonds. The maximum Gasteiger partial charge on any atom is 0.288 e. The smallest absolute Gasteiger partial charge is 0.288 e. The molecule has 0 fully saturated rings. The van der Waals surface area contributed by atoms with Crippen LogP contribution in [0.1, 0.15) is 6.92 Å². The Labute approximate surface area is 51.8 Å². The molecule has 0 aromatic heterocycles. The molecule has 0 saturated heterocycles. The largest absolute Gasteiger partial charge is 0.503 e. The van der Waals surface area contributed by atoms with Crippen molar-refractivity contribution in [2.75, 3.05) is 0 Å². The Balaban J connectivity index is 2.92. The molecule has 0 aromatic carbocycles. The van der Waals surface area contributed by atoms with Gasteiger partial charge in [-0.3, -0.25) is 4.79 Å². The zero-order valence-electron chi connectivity index (χ0n) is 4.88. The molecule has 9 heavy (non-hydrogen) atoms. The highest BCUT2D eigenvalue weighted by atomic mass is 16.3. The van der Waals surface area contributed by atoms with Crippen LogP contribution in [0.15, 0.2) is 11.3 Å². The number of hydrogen-bond acceptors (Lipinski definition) is 3. The van der Waals surface area contributed by atoms with Gasteiger partial charge in [-0.2, -0.15) is 0 Å². The quantitative estimate of drug-likeness (QED) is 0.403. The van der Waals surface area contributed by atoms with Gasteiger partial charge in [-0.05, 0) is 6.92 Å². The third-order valence-electron chi connectivity index (χ3n) is 1.27. The summed E-state index contributed by atoms with van der Waals surface area (Å²) in [5.74, 6) is -0.984. The fourth-order valence-corrected chi connectivity index (χ4v) is 0.609. The van der Waals surface area contributed by atoms with Crippen LogP contribution in [0.4, 0.5) is 0 Å². The van der Waals surface area contributed by atoms with Crippen LogP contribution >= 0.6 is 0 Å². The van der Waals surface area contributed by atoms with E-state index in [9.17, 15) is 4.79 Å². The van der Waals surface area contributed by atoms with Gasteiger partial charge in [-0.15, -0.1) is 0 Å². The molecule has 4 nitrogen and oxygen atoms in total. The average molecular weight is 129 g/mol. The van der Waals surface area contributed by atoms with Crippen LogP contribution in [0.3, 0.4) is 0 Å². The predicted octanol–water partition coefficient (Wildman–Crippen LogP) is -0.733. The Morgan fingerprint density at radius 1 is 1.67 bits per heavy atom. The summed E-state index contributed by atoms with van der Waals surface area (Å²) in [5, 5.41) is 19.6. The molecule has 1 unspecified atom stereocenters. The molecule has 0 aromatic rings. The summed E-state index contributed by atoms with van der Waals surface area (Å²) in [6.07, 6.45) is -1.00. The van der Waals surface area contributed by atoms with E-state index in [0.29, 0.717) is 0 Å². The molecule has 50 valence electrons. The normalized spacial score (nSPS) is 26.9. The van der Waals surface area contributed by atoms with E-state index in [2.05, 4.69) is 5.32 Å². The highest BCUT2D eigenvalue weighted by molar-refractivity contribution is 5.94. The Morgan fingerprint density at radius 2 is 2.22 bits per heavy atom. The lowest BCUT2D eigenvalue weighted by molar-refractivity contribution is -0.120. The predicted molar refractivity (Wildman–Crippen MR) is 29.5 cm³/mol. The Bertz CT molecular complexity index is 185. The maximum absolute atomic E-state index is 10.4. The van der Waals surface area contributed by atoms with E-state index in [1.807, 2.05) is 0 Å². The number of rotatable bonds is 0. The molecule has 0 saturated carbocycles. The van der Waals surface area contributed by atoms with Crippen LogP contribution in [0.25, 0.3) is 0 Å². The van der Waals surface area contributed by atoms with Gasteiger partial charge in [0.1, 0.15) is 0 Å². The summed E-state index contributed by atoms with van der Waals surface area (Å²) >= 11 is 0. The SMILES string of the molecule is CC1=C(O)C(=O)NC1O. The van der Waals surface area contributed by atoms with Crippen LogP contribution in [0.5, 0.6) is 0 Å². The van der Waals surface area contributed by atoms with Gasteiger partial charge >= 0.3 is 0 Å². The number of carbonyl (C=O) groups is 1. The van der Waals surface area contributed by atoms with E-state index in [-0.39, 0.29) is 11.3 Å². The lowest BCUT2D eigenvalue weighted by Crippen LogP contribution is -2.27. The van der Waals surface area contributed by atoms with Crippen molar-refractivity contribution in [1.29, 1.82) is 0 Å². The number of nitrogens with one attached hydrogen (secondary N) is 1. The van der Waals surface area contributed by atoms with E-state index >= 15 is 0 Å². The molecule has 0 radical (unpaired) electrons. The number of carbonyl (C=O) groups excluding carboxylic acids is 1. The molecule has 1 aliphatic heterocycles. The molecule has 1 rings (SSSR count). The molecule has 1 atom stereocenters. The second-order valence-corrected chi connectivity index (χ2v) is 1.91. The van der Waals surface area contributed by atoms with Crippen LogP contribution in [-0.4, -0.2) is 22.3 Å². The van der Waals surface area contributed by atoms with Gasteiger partial charge in [0.2, 0.25) is 0 Å². The minimum Gasteiger partial charge on any atom is -0.503 e. The fraction of sp³-hybridized carbons (Fsp3) is 0.400. The van der Waals surface area contributed by atoms with Crippen molar-refractivity contribution in [1.82, 2.24) is 5.32 Å². The summed E-state index contributed by atoms with van der Waals surface area (Å²) in [7, 11) is 0. The maximum atomic E-state index is 10.4. The van der Waals surface area contributed by atoms with E-state index in [1.54, 1.807) is 0 Å². The second-order valence-electron chi connectivity index (χ2n) is 1.91. The van der Waals surface area contributed by atoms with Crippen molar-refractivity contribution >= 4 is 5.91 Å². The zero-order chi connectivity index (χ0) is 7.02.